The van der Waals surface area contributed by atoms with Crippen LogP contribution in [-0.2, 0) is 16.0 Å². The Morgan fingerprint density at radius 2 is 1.85 bits per heavy atom. The first-order chi connectivity index (χ1) is 12.6. The molecule has 3 rings (SSSR count). The van der Waals surface area contributed by atoms with Crippen molar-refractivity contribution in [3.8, 4) is 0 Å². The van der Waals surface area contributed by atoms with Crippen LogP contribution >= 0.6 is 0 Å². The highest BCUT2D eigenvalue weighted by Gasteiger charge is 2.21. The molecule has 0 saturated heterocycles. The van der Waals surface area contributed by atoms with Gasteiger partial charge in [0, 0.05) is 13.0 Å². The SMILES string of the molecule is Cc1ccc(C2=CCC(=O)N(CC(=O)NCCc3ccccc3)N2)cc1. The van der Waals surface area contributed by atoms with Crippen molar-refractivity contribution in [2.24, 2.45) is 0 Å². The van der Waals surface area contributed by atoms with Crippen LogP contribution in [0.1, 0.15) is 23.1 Å². The summed E-state index contributed by atoms with van der Waals surface area (Å²) in [4.78, 5) is 24.3. The Bertz CT molecular complexity index is 798. The van der Waals surface area contributed by atoms with Crippen LogP contribution < -0.4 is 10.7 Å². The van der Waals surface area contributed by atoms with Gasteiger partial charge in [-0.2, -0.15) is 0 Å². The maximum Gasteiger partial charge on any atom is 0.245 e. The first kappa shape index (κ1) is 17.7. The molecule has 0 saturated carbocycles. The number of hydrogen-bond donors (Lipinski definition) is 2. The van der Waals surface area contributed by atoms with E-state index in [1.165, 1.54) is 16.1 Å². The molecule has 134 valence electrons. The van der Waals surface area contributed by atoms with E-state index in [1.807, 2.05) is 67.6 Å². The van der Waals surface area contributed by atoms with Crippen molar-refractivity contribution in [3.63, 3.8) is 0 Å². The minimum absolute atomic E-state index is 0.00315. The predicted octanol–water partition coefficient (Wildman–Crippen LogP) is 2.43. The molecule has 1 aliphatic rings. The van der Waals surface area contributed by atoms with Crippen LogP contribution in [0.25, 0.3) is 5.70 Å². The summed E-state index contributed by atoms with van der Waals surface area (Å²) in [6.45, 7) is 2.57. The van der Waals surface area contributed by atoms with Crippen molar-refractivity contribution in [1.82, 2.24) is 15.8 Å². The van der Waals surface area contributed by atoms with Gasteiger partial charge in [0.25, 0.3) is 0 Å². The van der Waals surface area contributed by atoms with E-state index in [2.05, 4.69) is 10.7 Å². The normalized spacial score (nSPS) is 13.8. The van der Waals surface area contributed by atoms with Crippen molar-refractivity contribution in [1.29, 1.82) is 0 Å². The van der Waals surface area contributed by atoms with E-state index in [-0.39, 0.29) is 24.8 Å². The van der Waals surface area contributed by atoms with E-state index < -0.39 is 0 Å². The second kappa shape index (κ2) is 8.34. The van der Waals surface area contributed by atoms with Gasteiger partial charge in [-0.25, -0.2) is 5.01 Å². The third-order valence-corrected chi connectivity index (χ3v) is 4.28. The topological polar surface area (TPSA) is 61.4 Å². The third-order valence-electron chi connectivity index (χ3n) is 4.28. The van der Waals surface area contributed by atoms with E-state index in [9.17, 15) is 9.59 Å². The summed E-state index contributed by atoms with van der Waals surface area (Å²) in [5.74, 6) is -0.286. The molecule has 0 aliphatic carbocycles. The van der Waals surface area contributed by atoms with Gasteiger partial charge in [0.05, 0.1) is 5.70 Å². The summed E-state index contributed by atoms with van der Waals surface area (Å²) in [7, 11) is 0. The molecule has 2 aromatic rings. The van der Waals surface area contributed by atoms with Gasteiger partial charge in [0.2, 0.25) is 11.8 Å². The number of rotatable bonds is 6. The number of amides is 2. The molecule has 1 aliphatic heterocycles. The maximum atomic E-state index is 12.2. The zero-order valence-corrected chi connectivity index (χ0v) is 14.9. The van der Waals surface area contributed by atoms with Crippen LogP contribution in [0.5, 0.6) is 0 Å². The van der Waals surface area contributed by atoms with Crippen molar-refractivity contribution in [2.75, 3.05) is 13.1 Å². The molecule has 0 radical (unpaired) electrons. The number of hydrogen-bond acceptors (Lipinski definition) is 3. The van der Waals surface area contributed by atoms with Crippen LogP contribution in [0.4, 0.5) is 0 Å². The lowest BCUT2D eigenvalue weighted by Crippen LogP contribution is -2.49. The molecule has 2 amide bonds. The molecule has 0 spiro atoms. The molecule has 0 bridgehead atoms. The number of aryl methyl sites for hydroxylation is 1. The van der Waals surface area contributed by atoms with Crippen LogP contribution in [0, 0.1) is 6.92 Å². The predicted molar refractivity (Wildman–Crippen MR) is 102 cm³/mol. The fourth-order valence-corrected chi connectivity index (χ4v) is 2.79. The van der Waals surface area contributed by atoms with Gasteiger partial charge in [-0.05, 0) is 30.5 Å². The Labute approximate surface area is 153 Å². The Morgan fingerprint density at radius 3 is 2.58 bits per heavy atom. The van der Waals surface area contributed by atoms with Crippen LogP contribution in [-0.4, -0.2) is 29.9 Å². The largest absolute Gasteiger partial charge is 0.354 e. The Hall–Kier alpha value is -3.08. The quantitative estimate of drug-likeness (QED) is 0.842. The smallest absolute Gasteiger partial charge is 0.245 e. The van der Waals surface area contributed by atoms with Gasteiger partial charge < -0.3 is 5.32 Å². The zero-order chi connectivity index (χ0) is 18.4. The molecule has 5 heteroatoms. The Morgan fingerprint density at radius 1 is 1.12 bits per heavy atom. The monoisotopic (exact) mass is 349 g/mol. The lowest BCUT2D eigenvalue weighted by atomic mass is 10.1. The molecule has 0 fully saturated rings. The first-order valence-corrected chi connectivity index (χ1v) is 8.76. The van der Waals surface area contributed by atoms with E-state index in [0.717, 1.165) is 17.7 Å². The van der Waals surface area contributed by atoms with Gasteiger partial charge >= 0.3 is 0 Å². The first-order valence-electron chi connectivity index (χ1n) is 8.76. The van der Waals surface area contributed by atoms with Gasteiger partial charge in [-0.15, -0.1) is 0 Å². The maximum absolute atomic E-state index is 12.2. The molecule has 0 aromatic heterocycles. The number of nitrogens with one attached hydrogen (secondary N) is 2. The number of nitrogens with zero attached hydrogens (tertiary/aromatic N) is 1. The minimum atomic E-state index is -0.174. The summed E-state index contributed by atoms with van der Waals surface area (Å²) in [5, 5.41) is 4.25. The van der Waals surface area contributed by atoms with Crippen LogP contribution in [0.2, 0.25) is 0 Å². The fraction of sp³-hybridized carbons (Fsp3) is 0.238. The minimum Gasteiger partial charge on any atom is -0.354 e. The standard InChI is InChI=1S/C21H23N3O2/c1-16-7-9-18(10-8-16)19-11-12-21(26)24(23-19)15-20(25)22-14-13-17-5-3-2-4-6-17/h2-11,23H,12-15H2,1H3,(H,22,25). The van der Waals surface area contributed by atoms with Gasteiger partial charge in [0.15, 0.2) is 0 Å². The number of benzene rings is 2. The number of carbonyl (C=O) groups excluding carboxylic acids is 2. The summed E-state index contributed by atoms with van der Waals surface area (Å²) < 4.78 is 0. The van der Waals surface area contributed by atoms with Crippen molar-refractivity contribution in [3.05, 3.63) is 77.4 Å². The highest BCUT2D eigenvalue weighted by Crippen LogP contribution is 2.17. The third kappa shape index (κ3) is 4.72. The molecular weight excluding hydrogens is 326 g/mol. The molecule has 0 unspecified atom stereocenters. The highest BCUT2D eigenvalue weighted by atomic mass is 16.2. The fourth-order valence-electron chi connectivity index (χ4n) is 2.79. The van der Waals surface area contributed by atoms with Gasteiger partial charge in [-0.3, -0.25) is 15.0 Å². The highest BCUT2D eigenvalue weighted by molar-refractivity contribution is 5.88. The Kier molecular flexibility index (Phi) is 5.69. The molecule has 1 heterocycles. The molecule has 5 nitrogen and oxygen atoms in total. The molecule has 2 N–H and O–H groups in total. The van der Waals surface area contributed by atoms with E-state index in [4.69, 9.17) is 0 Å². The number of hydrazine groups is 1. The summed E-state index contributed by atoms with van der Waals surface area (Å²) in [5.41, 5.74) is 7.26. The molecular formula is C21H23N3O2. The van der Waals surface area contributed by atoms with Crippen LogP contribution in [0.3, 0.4) is 0 Å². The number of carbonyl (C=O) groups is 2. The Balaban J connectivity index is 1.52. The van der Waals surface area contributed by atoms with Crippen molar-refractivity contribution >= 4 is 17.5 Å². The summed E-state index contributed by atoms with van der Waals surface area (Å²) in [6, 6.07) is 18.0. The van der Waals surface area contributed by atoms with Crippen molar-refractivity contribution < 1.29 is 9.59 Å². The summed E-state index contributed by atoms with van der Waals surface area (Å²) >= 11 is 0. The molecule has 2 aromatic carbocycles. The summed E-state index contributed by atoms with van der Waals surface area (Å²) in [6.07, 6.45) is 2.91. The second-order valence-electron chi connectivity index (χ2n) is 6.37. The average molecular weight is 349 g/mol. The lowest BCUT2D eigenvalue weighted by Gasteiger charge is -2.28. The van der Waals surface area contributed by atoms with Crippen molar-refractivity contribution in [2.45, 2.75) is 19.8 Å². The van der Waals surface area contributed by atoms with E-state index in [0.29, 0.717) is 6.54 Å². The van der Waals surface area contributed by atoms with Gasteiger partial charge in [0.1, 0.15) is 6.54 Å². The van der Waals surface area contributed by atoms with E-state index in [1.54, 1.807) is 0 Å². The van der Waals surface area contributed by atoms with Gasteiger partial charge in [-0.1, -0.05) is 60.2 Å². The second-order valence-corrected chi connectivity index (χ2v) is 6.37. The lowest BCUT2D eigenvalue weighted by molar-refractivity contribution is -0.137. The van der Waals surface area contributed by atoms with Crippen LogP contribution in [0.15, 0.2) is 60.7 Å². The molecule has 26 heavy (non-hydrogen) atoms. The zero-order valence-electron chi connectivity index (χ0n) is 14.9. The van der Waals surface area contributed by atoms with E-state index >= 15 is 0 Å². The molecule has 0 atom stereocenters. The average Bonchev–Trinajstić information content (AvgIpc) is 2.65.